The molecule has 0 aromatic rings. The summed E-state index contributed by atoms with van der Waals surface area (Å²) in [6, 6.07) is 0. The smallest absolute Gasteiger partial charge is 0.0166 e. The van der Waals surface area contributed by atoms with Crippen molar-refractivity contribution in [2.75, 3.05) is 58.9 Å². The van der Waals surface area contributed by atoms with Crippen LogP contribution in [0, 0.1) is 0 Å². The first-order valence-corrected chi connectivity index (χ1v) is 9.12. The lowest BCUT2D eigenvalue weighted by Gasteiger charge is -2.38. The molecule has 3 unspecified atom stereocenters. The van der Waals surface area contributed by atoms with Crippen LogP contribution in [0.3, 0.4) is 0 Å². The van der Waals surface area contributed by atoms with Gasteiger partial charge in [0.1, 0.15) is 0 Å². The van der Waals surface area contributed by atoms with E-state index in [1.165, 1.54) is 77.9 Å². The summed E-state index contributed by atoms with van der Waals surface area (Å²) in [6.45, 7) is 15.6. The van der Waals surface area contributed by atoms with E-state index in [1.54, 1.807) is 0 Å². The summed E-state index contributed by atoms with van der Waals surface area (Å²) in [7, 11) is 0. The highest BCUT2D eigenvalue weighted by Gasteiger charge is 2.25. The molecule has 3 atom stereocenters. The Kier molecular flexibility index (Phi) is 7.44. The molecule has 2 saturated heterocycles. The molecule has 4 nitrogen and oxygen atoms in total. The molecule has 4 heteroatoms. The van der Waals surface area contributed by atoms with Gasteiger partial charge in [0.25, 0.3) is 0 Å². The van der Waals surface area contributed by atoms with E-state index in [9.17, 15) is 0 Å². The Labute approximate surface area is 131 Å². The third-order valence-corrected chi connectivity index (χ3v) is 5.21. The van der Waals surface area contributed by atoms with E-state index in [2.05, 4.69) is 34.3 Å². The predicted octanol–water partition coefficient (Wildman–Crippen LogP) is 1.53. The zero-order valence-electron chi connectivity index (χ0n) is 14.3. The molecule has 2 bridgehead atoms. The van der Waals surface area contributed by atoms with E-state index in [-0.39, 0.29) is 0 Å². The Morgan fingerprint density at radius 3 is 2.48 bits per heavy atom. The molecule has 0 aromatic heterocycles. The largest absolute Gasteiger partial charge is 0.315 e. The first-order valence-electron chi connectivity index (χ1n) is 9.12. The van der Waals surface area contributed by atoms with Crippen molar-refractivity contribution >= 4 is 0 Å². The van der Waals surface area contributed by atoms with Gasteiger partial charge in [0.15, 0.2) is 0 Å². The normalized spacial score (nSPS) is 36.3. The highest BCUT2D eigenvalue weighted by Crippen LogP contribution is 2.19. The second-order valence-corrected chi connectivity index (χ2v) is 7.13. The van der Waals surface area contributed by atoms with Crippen molar-refractivity contribution in [2.24, 2.45) is 0 Å². The van der Waals surface area contributed by atoms with Crippen LogP contribution in [-0.2, 0) is 0 Å². The molecule has 2 rings (SSSR count). The van der Waals surface area contributed by atoms with Crippen molar-refractivity contribution in [3.63, 3.8) is 0 Å². The average Bonchev–Trinajstić information content (AvgIpc) is 2.50. The summed E-state index contributed by atoms with van der Waals surface area (Å²) in [6.07, 6.45) is 6.53. The molecule has 0 aromatic carbocycles. The highest BCUT2D eigenvalue weighted by molar-refractivity contribution is 4.86. The number of rotatable bonds is 3. The van der Waals surface area contributed by atoms with Crippen molar-refractivity contribution in [1.29, 1.82) is 0 Å². The van der Waals surface area contributed by atoms with Gasteiger partial charge in [-0.2, -0.15) is 0 Å². The minimum Gasteiger partial charge on any atom is -0.315 e. The second-order valence-electron chi connectivity index (χ2n) is 7.13. The van der Waals surface area contributed by atoms with Gasteiger partial charge in [-0.25, -0.2) is 0 Å². The van der Waals surface area contributed by atoms with Crippen molar-refractivity contribution in [3.05, 3.63) is 0 Å². The van der Waals surface area contributed by atoms with Crippen LogP contribution in [0.25, 0.3) is 0 Å². The summed E-state index contributed by atoms with van der Waals surface area (Å²) in [5, 5.41) is 7.48. The maximum absolute atomic E-state index is 3.89. The van der Waals surface area contributed by atoms with Crippen molar-refractivity contribution in [3.8, 4) is 0 Å². The third kappa shape index (κ3) is 6.23. The quantitative estimate of drug-likeness (QED) is 0.827. The number of nitrogens with zero attached hydrogens (tertiary/aromatic N) is 2. The molecule has 2 aliphatic rings. The van der Waals surface area contributed by atoms with Gasteiger partial charge in [0.05, 0.1) is 0 Å². The molecule has 2 heterocycles. The maximum Gasteiger partial charge on any atom is 0.0166 e. The van der Waals surface area contributed by atoms with Crippen LogP contribution in [0.1, 0.15) is 46.0 Å². The van der Waals surface area contributed by atoms with Crippen LogP contribution in [0.4, 0.5) is 0 Å². The van der Waals surface area contributed by atoms with E-state index in [4.69, 9.17) is 0 Å². The van der Waals surface area contributed by atoms with E-state index in [1.807, 2.05) is 0 Å². The number of unbranched alkanes of at least 4 members (excludes halogenated alkanes) is 1. The van der Waals surface area contributed by atoms with Crippen LogP contribution in [0.5, 0.6) is 0 Å². The number of fused-ring (bicyclic) bond motifs is 3. The van der Waals surface area contributed by atoms with E-state index >= 15 is 0 Å². The van der Waals surface area contributed by atoms with Crippen molar-refractivity contribution < 1.29 is 0 Å². The monoisotopic (exact) mass is 296 g/mol. The summed E-state index contributed by atoms with van der Waals surface area (Å²) < 4.78 is 0. The summed E-state index contributed by atoms with van der Waals surface area (Å²) in [4.78, 5) is 5.32. The zero-order chi connectivity index (χ0) is 15.0. The molecule has 0 radical (unpaired) electrons. The van der Waals surface area contributed by atoms with Gasteiger partial charge < -0.3 is 20.4 Å². The molecule has 2 fully saturated rings. The van der Waals surface area contributed by atoms with Crippen molar-refractivity contribution in [1.82, 2.24) is 20.4 Å². The molecule has 2 aliphatic heterocycles. The van der Waals surface area contributed by atoms with Crippen LogP contribution >= 0.6 is 0 Å². The molecule has 0 amide bonds. The molecule has 124 valence electrons. The zero-order valence-corrected chi connectivity index (χ0v) is 14.3. The van der Waals surface area contributed by atoms with Crippen LogP contribution < -0.4 is 10.6 Å². The van der Waals surface area contributed by atoms with Crippen LogP contribution in [0.2, 0.25) is 0 Å². The summed E-state index contributed by atoms with van der Waals surface area (Å²) in [5.41, 5.74) is 0.328. The Hall–Kier alpha value is -0.160. The Bertz CT molecular complexity index is 284. The second kappa shape index (κ2) is 9.09. The standard InChI is InChI=1S/C17H36N4/c1-3-4-6-17(2)7-12-21-13-9-18-8-5-11-20(15-16-21)14-10-19-17/h18-19H,3-16H2,1-2H3. The fraction of sp³-hybridized carbons (Fsp3) is 1.00. The number of hydrogen-bond donors (Lipinski definition) is 2. The first-order chi connectivity index (χ1) is 10.2. The van der Waals surface area contributed by atoms with Gasteiger partial charge in [-0.05, 0) is 45.8 Å². The molecule has 2 N–H and O–H groups in total. The summed E-state index contributed by atoms with van der Waals surface area (Å²) >= 11 is 0. The lowest BCUT2D eigenvalue weighted by molar-refractivity contribution is 0.152. The number of nitrogens with one attached hydrogen (secondary N) is 2. The number of hydrogen-bond acceptors (Lipinski definition) is 4. The average molecular weight is 297 g/mol. The Balaban J connectivity index is 1.97. The van der Waals surface area contributed by atoms with Gasteiger partial charge in [-0.1, -0.05) is 19.8 Å². The molecule has 21 heavy (non-hydrogen) atoms. The molecular weight excluding hydrogens is 260 g/mol. The lowest BCUT2D eigenvalue weighted by Crippen LogP contribution is -2.51. The third-order valence-electron chi connectivity index (χ3n) is 5.21. The molecule has 0 saturated carbocycles. The SMILES string of the molecule is CCCCC1(C)CCN2CCNCCCN(CCN1)CC2. The Morgan fingerprint density at radius 1 is 0.905 bits per heavy atom. The van der Waals surface area contributed by atoms with E-state index in [0.717, 1.165) is 13.1 Å². The van der Waals surface area contributed by atoms with Gasteiger partial charge in [-0.3, -0.25) is 0 Å². The highest BCUT2D eigenvalue weighted by atomic mass is 15.2. The maximum atomic E-state index is 3.89. The summed E-state index contributed by atoms with van der Waals surface area (Å²) in [5.74, 6) is 0. The van der Waals surface area contributed by atoms with E-state index < -0.39 is 0 Å². The van der Waals surface area contributed by atoms with Gasteiger partial charge in [0, 0.05) is 44.8 Å². The Morgan fingerprint density at radius 2 is 1.67 bits per heavy atom. The van der Waals surface area contributed by atoms with Crippen molar-refractivity contribution in [2.45, 2.75) is 51.5 Å². The lowest BCUT2D eigenvalue weighted by atomic mass is 9.90. The first kappa shape index (κ1) is 17.2. The minimum absolute atomic E-state index is 0.328. The van der Waals surface area contributed by atoms with Crippen LogP contribution in [-0.4, -0.2) is 74.2 Å². The fourth-order valence-electron chi connectivity index (χ4n) is 3.53. The molecular formula is C17H36N4. The van der Waals surface area contributed by atoms with Gasteiger partial charge in [0.2, 0.25) is 0 Å². The van der Waals surface area contributed by atoms with Gasteiger partial charge in [-0.15, -0.1) is 0 Å². The minimum atomic E-state index is 0.328. The van der Waals surface area contributed by atoms with E-state index in [0.29, 0.717) is 5.54 Å². The molecule has 0 aliphatic carbocycles. The predicted molar refractivity (Wildman–Crippen MR) is 90.9 cm³/mol. The fourth-order valence-corrected chi connectivity index (χ4v) is 3.53. The molecule has 0 spiro atoms. The van der Waals surface area contributed by atoms with Crippen LogP contribution in [0.15, 0.2) is 0 Å². The topological polar surface area (TPSA) is 30.5 Å². The van der Waals surface area contributed by atoms with Gasteiger partial charge >= 0.3 is 0 Å².